The number of rotatable bonds is 5. The van der Waals surface area contributed by atoms with Gasteiger partial charge in [0, 0.05) is 6.26 Å². The number of hydrogen-bond donors (Lipinski definition) is 2. The van der Waals surface area contributed by atoms with Crippen LogP contribution in [-0.2, 0) is 21.1 Å². The van der Waals surface area contributed by atoms with Crippen molar-refractivity contribution in [2.24, 2.45) is 5.73 Å². The SMILES string of the molecule is CCc1ccccc1C(C(=O)O)=C(N)c1ccc(S(C)(=O)=O)cc1. The largest absolute Gasteiger partial charge is 0.478 e. The summed E-state index contributed by atoms with van der Waals surface area (Å²) >= 11 is 0. The van der Waals surface area contributed by atoms with Crippen LogP contribution in [0, 0.1) is 0 Å². The minimum absolute atomic E-state index is 0.0135. The summed E-state index contributed by atoms with van der Waals surface area (Å²) in [6.45, 7) is 1.94. The van der Waals surface area contributed by atoms with Gasteiger partial charge in [-0.3, -0.25) is 0 Å². The maximum absolute atomic E-state index is 11.8. The highest BCUT2D eigenvalue weighted by Gasteiger charge is 2.19. The molecule has 0 saturated carbocycles. The number of nitrogens with two attached hydrogens (primary N) is 1. The summed E-state index contributed by atoms with van der Waals surface area (Å²) in [6.07, 6.45) is 1.79. The van der Waals surface area contributed by atoms with E-state index in [1.807, 2.05) is 19.1 Å². The minimum Gasteiger partial charge on any atom is -0.478 e. The van der Waals surface area contributed by atoms with Gasteiger partial charge in [0.1, 0.15) is 0 Å². The van der Waals surface area contributed by atoms with Crippen molar-refractivity contribution in [2.45, 2.75) is 18.2 Å². The number of sulfone groups is 1. The van der Waals surface area contributed by atoms with E-state index in [9.17, 15) is 18.3 Å². The van der Waals surface area contributed by atoms with Gasteiger partial charge in [0.2, 0.25) is 0 Å². The van der Waals surface area contributed by atoms with Crippen molar-refractivity contribution in [3.8, 4) is 0 Å². The lowest BCUT2D eigenvalue weighted by atomic mass is 9.94. The molecule has 0 unspecified atom stereocenters. The zero-order valence-electron chi connectivity index (χ0n) is 13.5. The number of carboxylic acid groups (broad SMARTS) is 1. The zero-order valence-corrected chi connectivity index (χ0v) is 14.3. The van der Waals surface area contributed by atoms with Crippen molar-refractivity contribution in [3.05, 3.63) is 65.2 Å². The first-order valence-electron chi connectivity index (χ1n) is 7.37. The lowest BCUT2D eigenvalue weighted by Gasteiger charge is -2.13. The Bertz CT molecular complexity index is 897. The molecule has 0 bridgehead atoms. The number of carbonyl (C=O) groups is 1. The van der Waals surface area contributed by atoms with Gasteiger partial charge >= 0.3 is 5.97 Å². The van der Waals surface area contributed by atoms with Crippen LogP contribution in [0.4, 0.5) is 0 Å². The Balaban J connectivity index is 2.62. The molecule has 0 aliphatic carbocycles. The van der Waals surface area contributed by atoms with E-state index < -0.39 is 15.8 Å². The average molecular weight is 345 g/mol. The molecule has 0 aromatic heterocycles. The van der Waals surface area contributed by atoms with Gasteiger partial charge in [-0.05, 0) is 35.2 Å². The smallest absolute Gasteiger partial charge is 0.338 e. The molecule has 24 heavy (non-hydrogen) atoms. The molecule has 0 radical (unpaired) electrons. The first kappa shape index (κ1) is 17.7. The average Bonchev–Trinajstić information content (AvgIpc) is 2.54. The third-order valence-electron chi connectivity index (χ3n) is 3.74. The second-order valence-electron chi connectivity index (χ2n) is 5.40. The van der Waals surface area contributed by atoms with Crippen LogP contribution in [0.2, 0.25) is 0 Å². The van der Waals surface area contributed by atoms with E-state index in [-0.39, 0.29) is 16.2 Å². The summed E-state index contributed by atoms with van der Waals surface area (Å²) in [5.74, 6) is -1.12. The van der Waals surface area contributed by atoms with Gasteiger partial charge < -0.3 is 10.8 Å². The van der Waals surface area contributed by atoms with Crippen LogP contribution in [0.15, 0.2) is 53.4 Å². The van der Waals surface area contributed by atoms with Gasteiger partial charge in [0.25, 0.3) is 0 Å². The molecule has 126 valence electrons. The maximum atomic E-state index is 11.8. The molecule has 0 atom stereocenters. The fraction of sp³-hybridized carbons (Fsp3) is 0.167. The van der Waals surface area contributed by atoms with E-state index in [1.54, 1.807) is 12.1 Å². The van der Waals surface area contributed by atoms with E-state index in [4.69, 9.17) is 5.73 Å². The minimum atomic E-state index is -3.32. The first-order chi connectivity index (χ1) is 11.3. The maximum Gasteiger partial charge on any atom is 0.338 e. The number of hydrogen-bond acceptors (Lipinski definition) is 4. The van der Waals surface area contributed by atoms with E-state index >= 15 is 0 Å². The van der Waals surface area contributed by atoms with Crippen LogP contribution < -0.4 is 5.73 Å². The topological polar surface area (TPSA) is 97.5 Å². The lowest BCUT2D eigenvalue weighted by Crippen LogP contribution is -2.11. The molecule has 2 aromatic carbocycles. The van der Waals surface area contributed by atoms with Crippen LogP contribution in [0.1, 0.15) is 23.6 Å². The zero-order chi connectivity index (χ0) is 17.9. The normalized spacial score (nSPS) is 12.6. The van der Waals surface area contributed by atoms with E-state index in [2.05, 4.69) is 0 Å². The Morgan fingerprint density at radius 3 is 2.17 bits per heavy atom. The predicted octanol–water partition coefficient (Wildman–Crippen LogP) is 2.56. The Morgan fingerprint density at radius 1 is 1.08 bits per heavy atom. The lowest BCUT2D eigenvalue weighted by molar-refractivity contribution is -0.130. The number of carboxylic acids is 1. The molecule has 0 aliphatic rings. The molecular formula is C18H19NO4S. The van der Waals surface area contributed by atoms with E-state index in [0.29, 0.717) is 17.5 Å². The Hall–Kier alpha value is -2.60. The number of aryl methyl sites for hydroxylation is 1. The fourth-order valence-corrected chi connectivity index (χ4v) is 3.10. The van der Waals surface area contributed by atoms with Crippen molar-refractivity contribution in [1.29, 1.82) is 0 Å². The highest BCUT2D eigenvalue weighted by atomic mass is 32.2. The highest BCUT2D eigenvalue weighted by Crippen LogP contribution is 2.27. The molecule has 6 heteroatoms. The first-order valence-corrected chi connectivity index (χ1v) is 9.26. The molecule has 3 N–H and O–H groups in total. The second kappa shape index (κ2) is 6.88. The Morgan fingerprint density at radius 2 is 1.67 bits per heavy atom. The summed E-state index contributed by atoms with van der Waals surface area (Å²) in [7, 11) is -3.32. The summed E-state index contributed by atoms with van der Waals surface area (Å²) in [4.78, 5) is 11.9. The molecular weight excluding hydrogens is 326 g/mol. The van der Waals surface area contributed by atoms with Gasteiger partial charge in [-0.25, -0.2) is 13.2 Å². The van der Waals surface area contributed by atoms with Crippen LogP contribution >= 0.6 is 0 Å². The van der Waals surface area contributed by atoms with Crippen LogP contribution in [0.25, 0.3) is 11.3 Å². The molecule has 5 nitrogen and oxygen atoms in total. The quantitative estimate of drug-likeness (QED) is 0.641. The van der Waals surface area contributed by atoms with E-state index in [1.165, 1.54) is 24.3 Å². The monoisotopic (exact) mass is 345 g/mol. The predicted molar refractivity (Wildman–Crippen MR) is 94.0 cm³/mol. The van der Waals surface area contributed by atoms with Crippen LogP contribution in [0.5, 0.6) is 0 Å². The van der Waals surface area contributed by atoms with Crippen LogP contribution in [-0.4, -0.2) is 25.7 Å². The molecule has 2 aromatic rings. The standard InChI is InChI=1S/C18H19NO4S/c1-3-12-6-4-5-7-15(12)16(18(20)21)17(19)13-8-10-14(11-9-13)24(2,22)23/h4-11H,3,19H2,1-2H3,(H,20,21). The van der Waals surface area contributed by atoms with Gasteiger partial charge in [-0.2, -0.15) is 0 Å². The van der Waals surface area contributed by atoms with Gasteiger partial charge in [0.05, 0.1) is 16.2 Å². The van der Waals surface area contributed by atoms with E-state index in [0.717, 1.165) is 11.8 Å². The molecule has 0 saturated heterocycles. The molecule has 0 aliphatic heterocycles. The second-order valence-corrected chi connectivity index (χ2v) is 7.42. The number of benzene rings is 2. The molecule has 2 rings (SSSR count). The summed E-state index contributed by atoms with van der Waals surface area (Å²) in [5.41, 5.74) is 8.13. The van der Waals surface area contributed by atoms with Crippen molar-refractivity contribution < 1.29 is 18.3 Å². The summed E-state index contributed by atoms with van der Waals surface area (Å²) in [6, 6.07) is 13.1. The fourth-order valence-electron chi connectivity index (χ4n) is 2.47. The third-order valence-corrected chi connectivity index (χ3v) is 4.87. The van der Waals surface area contributed by atoms with Gasteiger partial charge in [-0.15, -0.1) is 0 Å². The summed E-state index contributed by atoms with van der Waals surface area (Å²) in [5, 5.41) is 9.63. The molecule has 0 amide bonds. The number of aliphatic carboxylic acids is 1. The molecule has 0 fully saturated rings. The van der Waals surface area contributed by atoms with Gasteiger partial charge in [-0.1, -0.05) is 43.3 Å². The van der Waals surface area contributed by atoms with Crippen molar-refractivity contribution >= 4 is 27.1 Å². The third kappa shape index (κ3) is 3.65. The Labute approximate surface area is 141 Å². The molecule has 0 heterocycles. The van der Waals surface area contributed by atoms with Crippen molar-refractivity contribution in [2.75, 3.05) is 6.26 Å². The molecule has 0 spiro atoms. The summed E-state index contributed by atoms with van der Waals surface area (Å²) < 4.78 is 23.0. The van der Waals surface area contributed by atoms with Crippen molar-refractivity contribution in [1.82, 2.24) is 0 Å². The van der Waals surface area contributed by atoms with Crippen LogP contribution in [0.3, 0.4) is 0 Å². The van der Waals surface area contributed by atoms with Crippen molar-refractivity contribution in [3.63, 3.8) is 0 Å². The highest BCUT2D eigenvalue weighted by molar-refractivity contribution is 7.90. The Kier molecular flexibility index (Phi) is 5.09. The van der Waals surface area contributed by atoms with Gasteiger partial charge in [0.15, 0.2) is 9.84 Å².